The van der Waals surface area contributed by atoms with Crippen LogP contribution in [0.2, 0.25) is 0 Å². The fraction of sp³-hybridized carbons (Fsp3) is 0.636. The Morgan fingerprint density at radius 3 is 2.74 bits per heavy atom. The first-order valence-corrected chi connectivity index (χ1v) is 13.1. The first kappa shape index (κ1) is 20.8. The Bertz CT molecular complexity index is 1010. The molecule has 1 saturated carbocycles. The molecule has 3 heterocycles. The van der Waals surface area contributed by atoms with Crippen molar-refractivity contribution in [3.05, 3.63) is 16.0 Å². The second-order valence-corrected chi connectivity index (χ2v) is 11.0. The lowest BCUT2D eigenvalue weighted by molar-refractivity contribution is -0.113. The molecule has 1 N–H and O–H groups in total. The molecule has 0 spiro atoms. The number of anilines is 2. The topological polar surface area (TPSA) is 86.8 Å². The van der Waals surface area contributed by atoms with Crippen LogP contribution in [0.15, 0.2) is 5.16 Å². The second-order valence-electron chi connectivity index (χ2n) is 8.92. The molecule has 0 atom stereocenters. The predicted molar refractivity (Wildman–Crippen MR) is 124 cm³/mol. The van der Waals surface area contributed by atoms with Crippen molar-refractivity contribution in [2.75, 3.05) is 29.1 Å². The molecule has 1 amide bonds. The van der Waals surface area contributed by atoms with Crippen LogP contribution in [0.1, 0.15) is 67.5 Å². The summed E-state index contributed by atoms with van der Waals surface area (Å²) in [5.74, 6) is 1.93. The lowest BCUT2D eigenvalue weighted by Gasteiger charge is -2.31. The number of amides is 1. The summed E-state index contributed by atoms with van der Waals surface area (Å²) in [6, 6.07) is 2.78. The van der Waals surface area contributed by atoms with Gasteiger partial charge in [-0.2, -0.15) is 5.26 Å². The van der Waals surface area contributed by atoms with Gasteiger partial charge in [0, 0.05) is 24.0 Å². The number of fused-ring (bicyclic) bond motifs is 1. The highest BCUT2D eigenvalue weighted by Crippen LogP contribution is 2.42. The number of nitrogens with one attached hydrogen (secondary N) is 1. The number of aryl methyl sites for hydroxylation is 1. The molecule has 2 fully saturated rings. The first-order valence-electron chi connectivity index (χ1n) is 11.3. The summed E-state index contributed by atoms with van der Waals surface area (Å²) in [5.41, 5.74) is 1.82. The van der Waals surface area contributed by atoms with Gasteiger partial charge in [0.2, 0.25) is 11.9 Å². The van der Waals surface area contributed by atoms with Crippen LogP contribution in [0, 0.1) is 17.2 Å². The fourth-order valence-electron chi connectivity index (χ4n) is 4.51. The molecule has 9 heteroatoms. The van der Waals surface area contributed by atoms with Crippen LogP contribution in [-0.2, 0) is 17.6 Å². The van der Waals surface area contributed by atoms with Gasteiger partial charge in [0.25, 0.3) is 0 Å². The lowest BCUT2D eigenvalue weighted by Crippen LogP contribution is -2.34. The Labute approximate surface area is 191 Å². The van der Waals surface area contributed by atoms with E-state index in [2.05, 4.69) is 38.0 Å². The second kappa shape index (κ2) is 8.83. The van der Waals surface area contributed by atoms with Crippen LogP contribution < -0.4 is 10.2 Å². The average molecular weight is 457 g/mol. The van der Waals surface area contributed by atoms with E-state index in [1.165, 1.54) is 29.5 Å². The van der Waals surface area contributed by atoms with Crippen molar-refractivity contribution in [3.63, 3.8) is 0 Å². The van der Waals surface area contributed by atoms with Crippen LogP contribution in [-0.4, -0.2) is 39.5 Å². The van der Waals surface area contributed by atoms with E-state index < -0.39 is 0 Å². The molecule has 1 saturated heterocycles. The van der Waals surface area contributed by atoms with Gasteiger partial charge < -0.3 is 10.2 Å². The largest absolute Gasteiger partial charge is 0.341 e. The maximum absolute atomic E-state index is 12.7. The Hall–Kier alpha value is -2.05. The Kier molecular flexibility index (Phi) is 5.93. The number of nitrogens with zero attached hydrogens (tertiary/aromatic N) is 5. The van der Waals surface area contributed by atoms with Crippen molar-refractivity contribution in [3.8, 4) is 6.07 Å². The third kappa shape index (κ3) is 4.33. The molecule has 31 heavy (non-hydrogen) atoms. The molecule has 2 aliphatic carbocycles. The van der Waals surface area contributed by atoms with Gasteiger partial charge >= 0.3 is 0 Å². The number of carbonyl (C=O) groups is 1. The van der Waals surface area contributed by atoms with Gasteiger partial charge in [-0.1, -0.05) is 18.7 Å². The normalized spacial score (nSPS) is 19.2. The molecule has 0 radical (unpaired) electrons. The standard InChI is InChI=1S/C22H28N6OS2/c1-14-8-10-27(11-9-14)21-25-26-22(28(21)15-6-7-15)30-13-19(29)24-20-17(12-23)16-4-2-3-5-18(16)31-20/h14-15H,2-11,13H2,1H3,(H,24,29). The molecule has 2 aromatic rings. The van der Waals surface area contributed by atoms with E-state index in [9.17, 15) is 10.1 Å². The van der Waals surface area contributed by atoms with Crippen LogP contribution in [0.4, 0.5) is 10.9 Å². The number of piperidine rings is 1. The van der Waals surface area contributed by atoms with Crippen molar-refractivity contribution >= 4 is 40.0 Å². The van der Waals surface area contributed by atoms with Crippen molar-refractivity contribution in [2.45, 2.75) is 69.5 Å². The summed E-state index contributed by atoms with van der Waals surface area (Å²) in [6.07, 6.45) is 8.93. The number of hydrogen-bond acceptors (Lipinski definition) is 7. The van der Waals surface area contributed by atoms with Gasteiger partial charge in [-0.05, 0) is 62.8 Å². The molecular weight excluding hydrogens is 428 g/mol. The average Bonchev–Trinajstić information content (AvgIpc) is 3.43. The van der Waals surface area contributed by atoms with Crippen molar-refractivity contribution in [2.24, 2.45) is 5.92 Å². The molecule has 2 aromatic heterocycles. The zero-order valence-corrected chi connectivity index (χ0v) is 19.5. The SMILES string of the molecule is CC1CCN(c2nnc(SCC(=O)Nc3sc4c(c3C#N)CCCC4)n2C2CC2)CC1. The Balaban J connectivity index is 1.26. The highest BCUT2D eigenvalue weighted by Gasteiger charge is 2.33. The minimum atomic E-state index is -0.0845. The number of hydrogen-bond donors (Lipinski definition) is 1. The number of aromatic nitrogens is 3. The van der Waals surface area contributed by atoms with Gasteiger partial charge in [-0.25, -0.2) is 0 Å². The molecule has 3 aliphatic rings. The molecule has 0 unspecified atom stereocenters. The number of thioether (sulfide) groups is 1. The van der Waals surface area contributed by atoms with Crippen molar-refractivity contribution < 1.29 is 4.79 Å². The maximum atomic E-state index is 12.7. The van der Waals surface area contributed by atoms with Crippen LogP contribution in [0.25, 0.3) is 0 Å². The van der Waals surface area contributed by atoms with Crippen molar-refractivity contribution in [1.29, 1.82) is 5.26 Å². The monoisotopic (exact) mass is 456 g/mol. The van der Waals surface area contributed by atoms with Gasteiger partial charge in [0.05, 0.1) is 11.3 Å². The molecule has 7 nitrogen and oxygen atoms in total. The highest BCUT2D eigenvalue weighted by atomic mass is 32.2. The minimum absolute atomic E-state index is 0.0845. The minimum Gasteiger partial charge on any atom is -0.341 e. The van der Waals surface area contributed by atoms with E-state index >= 15 is 0 Å². The molecule has 5 rings (SSSR count). The summed E-state index contributed by atoms with van der Waals surface area (Å²) in [5, 5.41) is 23.1. The van der Waals surface area contributed by atoms with E-state index in [-0.39, 0.29) is 11.7 Å². The third-order valence-corrected chi connectivity index (χ3v) is 8.64. The first-order chi connectivity index (χ1) is 15.1. The van der Waals surface area contributed by atoms with E-state index in [4.69, 9.17) is 0 Å². The van der Waals surface area contributed by atoms with Gasteiger partial charge in [-0.3, -0.25) is 9.36 Å². The van der Waals surface area contributed by atoms with E-state index in [1.807, 2.05) is 0 Å². The maximum Gasteiger partial charge on any atom is 0.235 e. The Morgan fingerprint density at radius 2 is 2.00 bits per heavy atom. The highest BCUT2D eigenvalue weighted by molar-refractivity contribution is 7.99. The number of rotatable bonds is 6. The molecular formula is C22H28N6OS2. The van der Waals surface area contributed by atoms with Crippen LogP contribution >= 0.6 is 23.1 Å². The van der Waals surface area contributed by atoms with E-state index in [1.54, 1.807) is 11.3 Å². The third-order valence-electron chi connectivity index (χ3n) is 6.49. The van der Waals surface area contributed by atoms with E-state index in [0.717, 1.165) is 74.2 Å². The van der Waals surface area contributed by atoms with Gasteiger partial charge in [0.15, 0.2) is 5.16 Å². The molecule has 1 aliphatic heterocycles. The zero-order valence-electron chi connectivity index (χ0n) is 17.9. The van der Waals surface area contributed by atoms with Gasteiger partial charge in [0.1, 0.15) is 11.1 Å². The number of carbonyl (C=O) groups excluding carboxylic acids is 1. The molecule has 0 aromatic carbocycles. The van der Waals surface area contributed by atoms with Crippen molar-refractivity contribution in [1.82, 2.24) is 14.8 Å². The van der Waals surface area contributed by atoms with Gasteiger partial charge in [-0.15, -0.1) is 21.5 Å². The van der Waals surface area contributed by atoms with Crippen LogP contribution in [0.3, 0.4) is 0 Å². The Morgan fingerprint density at radius 1 is 1.23 bits per heavy atom. The lowest BCUT2D eigenvalue weighted by atomic mass is 9.96. The molecule has 164 valence electrons. The zero-order chi connectivity index (χ0) is 21.4. The summed E-state index contributed by atoms with van der Waals surface area (Å²) < 4.78 is 2.25. The van der Waals surface area contributed by atoms with E-state index in [0.29, 0.717) is 16.6 Å². The summed E-state index contributed by atoms with van der Waals surface area (Å²) >= 11 is 3.02. The predicted octanol–water partition coefficient (Wildman–Crippen LogP) is 4.39. The summed E-state index contributed by atoms with van der Waals surface area (Å²) in [6.45, 7) is 4.36. The summed E-state index contributed by atoms with van der Waals surface area (Å²) in [7, 11) is 0. The number of thiophene rings is 1. The fourth-order valence-corrected chi connectivity index (χ4v) is 6.57. The summed E-state index contributed by atoms with van der Waals surface area (Å²) in [4.78, 5) is 16.3. The molecule has 0 bridgehead atoms. The quantitative estimate of drug-likeness (QED) is 0.649. The van der Waals surface area contributed by atoms with Crippen LogP contribution in [0.5, 0.6) is 0 Å². The smallest absolute Gasteiger partial charge is 0.235 e. The number of nitriles is 1.